The number of nitrogens with one attached hydrogen (secondary N) is 1. The van der Waals surface area contributed by atoms with Gasteiger partial charge in [0.25, 0.3) is 0 Å². The number of hydrogen-bond donors (Lipinski definition) is 2. The van der Waals surface area contributed by atoms with Crippen LogP contribution in [0.15, 0.2) is 0 Å². The molecule has 3 atom stereocenters. The molecule has 2 aliphatic rings. The van der Waals surface area contributed by atoms with Crippen LogP contribution >= 0.6 is 0 Å². The number of ether oxygens (including phenoxy) is 1. The van der Waals surface area contributed by atoms with Gasteiger partial charge in [-0.1, -0.05) is 32.1 Å². The molecule has 1 aliphatic heterocycles. The molecule has 0 bridgehead atoms. The molecule has 0 spiro atoms. The van der Waals surface area contributed by atoms with Gasteiger partial charge >= 0.3 is 0 Å². The SMILES string of the molecule is CC1OCCC1NC(=O)C(N)CC1CCCCC1. The Labute approximate surface area is 110 Å². The minimum absolute atomic E-state index is 0.00271. The van der Waals surface area contributed by atoms with E-state index in [1.165, 1.54) is 32.1 Å². The lowest BCUT2D eigenvalue weighted by molar-refractivity contribution is -0.123. The van der Waals surface area contributed by atoms with Crippen LogP contribution in [0.1, 0.15) is 51.9 Å². The molecular weight excluding hydrogens is 228 g/mol. The van der Waals surface area contributed by atoms with Crippen molar-refractivity contribution in [3.63, 3.8) is 0 Å². The maximum atomic E-state index is 12.0. The molecule has 3 unspecified atom stereocenters. The Morgan fingerprint density at radius 2 is 2.06 bits per heavy atom. The van der Waals surface area contributed by atoms with Crippen molar-refractivity contribution in [2.24, 2.45) is 11.7 Å². The molecule has 0 aromatic carbocycles. The summed E-state index contributed by atoms with van der Waals surface area (Å²) >= 11 is 0. The molecular formula is C14H26N2O2. The zero-order chi connectivity index (χ0) is 13.0. The lowest BCUT2D eigenvalue weighted by atomic mass is 9.85. The van der Waals surface area contributed by atoms with Crippen LogP contribution in [0.3, 0.4) is 0 Å². The third kappa shape index (κ3) is 3.69. The normalized spacial score (nSPS) is 31.2. The molecule has 1 amide bonds. The van der Waals surface area contributed by atoms with Crippen molar-refractivity contribution in [3.05, 3.63) is 0 Å². The van der Waals surface area contributed by atoms with E-state index in [1.54, 1.807) is 0 Å². The number of amides is 1. The maximum absolute atomic E-state index is 12.0. The van der Waals surface area contributed by atoms with Gasteiger partial charge in [-0.05, 0) is 25.7 Å². The Kier molecular flexibility index (Phi) is 5.01. The van der Waals surface area contributed by atoms with E-state index in [1.807, 2.05) is 6.92 Å². The van der Waals surface area contributed by atoms with Crippen molar-refractivity contribution >= 4 is 5.91 Å². The molecule has 2 fully saturated rings. The van der Waals surface area contributed by atoms with Gasteiger partial charge in [0, 0.05) is 6.61 Å². The molecule has 1 saturated heterocycles. The second kappa shape index (κ2) is 6.53. The molecule has 0 radical (unpaired) electrons. The molecule has 1 saturated carbocycles. The highest BCUT2D eigenvalue weighted by Crippen LogP contribution is 2.27. The number of nitrogens with two attached hydrogens (primary N) is 1. The van der Waals surface area contributed by atoms with E-state index in [0.29, 0.717) is 5.92 Å². The Bertz CT molecular complexity index is 277. The fraction of sp³-hybridized carbons (Fsp3) is 0.929. The largest absolute Gasteiger partial charge is 0.376 e. The highest BCUT2D eigenvalue weighted by molar-refractivity contribution is 5.81. The van der Waals surface area contributed by atoms with Gasteiger partial charge < -0.3 is 15.8 Å². The van der Waals surface area contributed by atoms with Crippen LogP contribution in [0.4, 0.5) is 0 Å². The summed E-state index contributed by atoms with van der Waals surface area (Å²) in [5.41, 5.74) is 6.02. The summed E-state index contributed by atoms with van der Waals surface area (Å²) in [4.78, 5) is 12.0. The Hall–Kier alpha value is -0.610. The van der Waals surface area contributed by atoms with Gasteiger partial charge in [0.2, 0.25) is 5.91 Å². The van der Waals surface area contributed by atoms with E-state index in [2.05, 4.69) is 5.32 Å². The molecule has 4 nitrogen and oxygen atoms in total. The summed E-state index contributed by atoms with van der Waals surface area (Å²) < 4.78 is 5.44. The van der Waals surface area contributed by atoms with Crippen LogP contribution in [0.2, 0.25) is 0 Å². The average Bonchev–Trinajstić information content (AvgIpc) is 2.76. The van der Waals surface area contributed by atoms with Gasteiger partial charge in [-0.25, -0.2) is 0 Å². The monoisotopic (exact) mass is 254 g/mol. The van der Waals surface area contributed by atoms with Crippen LogP contribution in [0.25, 0.3) is 0 Å². The summed E-state index contributed by atoms with van der Waals surface area (Å²) in [5, 5.41) is 3.03. The van der Waals surface area contributed by atoms with Gasteiger partial charge in [-0.2, -0.15) is 0 Å². The first-order chi connectivity index (χ1) is 8.66. The lowest BCUT2D eigenvalue weighted by Crippen LogP contribution is -2.48. The standard InChI is InChI=1S/C14H26N2O2/c1-10-13(7-8-18-10)16-14(17)12(15)9-11-5-3-2-4-6-11/h10-13H,2-9,15H2,1H3,(H,16,17). The van der Waals surface area contributed by atoms with Crippen LogP contribution in [-0.2, 0) is 9.53 Å². The van der Waals surface area contributed by atoms with Crippen LogP contribution in [0.5, 0.6) is 0 Å². The quantitative estimate of drug-likeness (QED) is 0.800. The summed E-state index contributed by atoms with van der Waals surface area (Å²) in [5.74, 6) is 0.652. The summed E-state index contributed by atoms with van der Waals surface area (Å²) in [6.45, 7) is 2.74. The Balaban J connectivity index is 1.73. The van der Waals surface area contributed by atoms with Crippen molar-refractivity contribution in [2.75, 3.05) is 6.61 Å². The van der Waals surface area contributed by atoms with Gasteiger partial charge in [-0.3, -0.25) is 4.79 Å². The van der Waals surface area contributed by atoms with Crippen LogP contribution in [-0.4, -0.2) is 30.7 Å². The van der Waals surface area contributed by atoms with Gasteiger partial charge in [0.1, 0.15) is 0 Å². The van der Waals surface area contributed by atoms with Crippen molar-refractivity contribution < 1.29 is 9.53 Å². The Morgan fingerprint density at radius 3 is 2.67 bits per heavy atom. The third-order valence-electron chi connectivity index (χ3n) is 4.35. The number of hydrogen-bond acceptors (Lipinski definition) is 3. The highest BCUT2D eigenvalue weighted by Gasteiger charge is 2.28. The molecule has 0 aromatic rings. The molecule has 0 aromatic heterocycles. The van der Waals surface area contributed by atoms with Crippen molar-refractivity contribution in [1.29, 1.82) is 0 Å². The van der Waals surface area contributed by atoms with E-state index in [0.717, 1.165) is 19.4 Å². The fourth-order valence-corrected chi connectivity index (χ4v) is 3.10. The van der Waals surface area contributed by atoms with E-state index < -0.39 is 0 Å². The first kappa shape index (κ1) is 13.8. The number of carbonyl (C=O) groups is 1. The Morgan fingerprint density at radius 1 is 1.33 bits per heavy atom. The second-order valence-electron chi connectivity index (χ2n) is 5.83. The van der Waals surface area contributed by atoms with E-state index in [-0.39, 0.29) is 24.1 Å². The minimum atomic E-state index is -0.346. The maximum Gasteiger partial charge on any atom is 0.237 e. The van der Waals surface area contributed by atoms with Gasteiger partial charge in [0.15, 0.2) is 0 Å². The molecule has 104 valence electrons. The third-order valence-corrected chi connectivity index (χ3v) is 4.35. The molecule has 4 heteroatoms. The topological polar surface area (TPSA) is 64.3 Å². The van der Waals surface area contributed by atoms with E-state index in [9.17, 15) is 4.79 Å². The zero-order valence-electron chi connectivity index (χ0n) is 11.4. The van der Waals surface area contributed by atoms with Gasteiger partial charge in [0.05, 0.1) is 18.2 Å². The number of rotatable bonds is 4. The van der Waals surface area contributed by atoms with Crippen molar-refractivity contribution in [1.82, 2.24) is 5.32 Å². The minimum Gasteiger partial charge on any atom is -0.376 e. The average molecular weight is 254 g/mol. The molecule has 2 rings (SSSR count). The van der Waals surface area contributed by atoms with E-state index >= 15 is 0 Å². The second-order valence-corrected chi connectivity index (χ2v) is 5.83. The molecule has 1 aliphatic carbocycles. The predicted octanol–water partition coefficient (Wildman–Crippen LogP) is 1.58. The number of carbonyl (C=O) groups excluding carboxylic acids is 1. The first-order valence-electron chi connectivity index (χ1n) is 7.34. The lowest BCUT2D eigenvalue weighted by Gasteiger charge is -2.25. The van der Waals surface area contributed by atoms with Crippen molar-refractivity contribution in [2.45, 2.75) is 70.1 Å². The first-order valence-corrected chi connectivity index (χ1v) is 7.34. The van der Waals surface area contributed by atoms with Crippen LogP contribution in [0, 0.1) is 5.92 Å². The van der Waals surface area contributed by atoms with Gasteiger partial charge in [-0.15, -0.1) is 0 Å². The molecule has 1 heterocycles. The molecule has 3 N–H and O–H groups in total. The van der Waals surface area contributed by atoms with E-state index in [4.69, 9.17) is 10.5 Å². The highest BCUT2D eigenvalue weighted by atomic mass is 16.5. The molecule has 18 heavy (non-hydrogen) atoms. The smallest absolute Gasteiger partial charge is 0.237 e. The van der Waals surface area contributed by atoms with Crippen molar-refractivity contribution in [3.8, 4) is 0 Å². The fourth-order valence-electron chi connectivity index (χ4n) is 3.10. The zero-order valence-corrected chi connectivity index (χ0v) is 11.4. The summed E-state index contributed by atoms with van der Waals surface area (Å²) in [6, 6.07) is -0.198. The predicted molar refractivity (Wildman–Crippen MR) is 71.1 cm³/mol. The summed E-state index contributed by atoms with van der Waals surface area (Å²) in [6.07, 6.45) is 8.29. The van der Waals surface area contributed by atoms with Crippen LogP contribution < -0.4 is 11.1 Å². The summed E-state index contributed by atoms with van der Waals surface area (Å²) in [7, 11) is 0.